The molecule has 0 atom stereocenters. The van der Waals surface area contributed by atoms with Crippen LogP contribution in [0.5, 0.6) is 0 Å². The van der Waals surface area contributed by atoms with Crippen molar-refractivity contribution in [2.75, 3.05) is 6.61 Å². The fraction of sp³-hybridized carbons (Fsp3) is 0.238. The van der Waals surface area contributed by atoms with Crippen LogP contribution in [0.15, 0.2) is 54.0 Å². The topological polar surface area (TPSA) is 73.3 Å². The van der Waals surface area contributed by atoms with E-state index in [0.29, 0.717) is 12.0 Å². The molecule has 0 amide bonds. The quantitative estimate of drug-likeness (QED) is 0.261. The number of esters is 1. The Labute approximate surface area is 167 Å². The van der Waals surface area contributed by atoms with Gasteiger partial charge in [-0.05, 0) is 24.6 Å². The second-order valence-electron chi connectivity index (χ2n) is 6.48. The predicted octanol–water partition coefficient (Wildman–Crippen LogP) is 4.01. The maximum atomic E-state index is 12.1. The standard InChI is InChI=1S/C21H21N2O4S/c1-15-5-3-4-6-18(15)13-22-14-28-20(16(22)2)11-12-27-21(24)17-7-9-19(10-8-17)23(25)26/h3-10,14H,11-13H2,1-2H3/q+1. The fourth-order valence-corrected chi connectivity index (χ4v) is 3.83. The Morgan fingerprint density at radius 3 is 2.54 bits per heavy atom. The molecule has 6 nitrogen and oxygen atoms in total. The molecule has 1 aromatic heterocycles. The van der Waals surface area contributed by atoms with Gasteiger partial charge < -0.3 is 4.74 Å². The van der Waals surface area contributed by atoms with Crippen LogP contribution < -0.4 is 4.57 Å². The summed E-state index contributed by atoms with van der Waals surface area (Å²) >= 11 is 1.65. The van der Waals surface area contributed by atoms with Crippen molar-refractivity contribution < 1.29 is 19.0 Å². The van der Waals surface area contributed by atoms with Crippen LogP contribution in [0.3, 0.4) is 0 Å². The van der Waals surface area contributed by atoms with Crippen LogP contribution in [0.25, 0.3) is 0 Å². The zero-order valence-electron chi connectivity index (χ0n) is 15.8. The van der Waals surface area contributed by atoms with E-state index in [2.05, 4.69) is 36.1 Å². The van der Waals surface area contributed by atoms with Crippen molar-refractivity contribution in [3.05, 3.63) is 91.4 Å². The predicted molar refractivity (Wildman–Crippen MR) is 107 cm³/mol. The first-order valence-electron chi connectivity index (χ1n) is 8.88. The number of hydrogen-bond acceptors (Lipinski definition) is 5. The van der Waals surface area contributed by atoms with Crippen molar-refractivity contribution in [1.29, 1.82) is 0 Å². The van der Waals surface area contributed by atoms with Gasteiger partial charge in [-0.15, -0.1) is 0 Å². The molecule has 7 heteroatoms. The van der Waals surface area contributed by atoms with Crippen molar-refractivity contribution in [3.63, 3.8) is 0 Å². The van der Waals surface area contributed by atoms with Crippen molar-refractivity contribution in [3.8, 4) is 0 Å². The number of aromatic nitrogens is 1. The van der Waals surface area contributed by atoms with Gasteiger partial charge >= 0.3 is 5.97 Å². The lowest BCUT2D eigenvalue weighted by Crippen LogP contribution is -2.35. The largest absolute Gasteiger partial charge is 0.462 e. The molecule has 0 aliphatic carbocycles. The molecule has 0 saturated heterocycles. The number of nitro benzene ring substituents is 1. The number of carbonyl (C=O) groups is 1. The lowest BCUT2D eigenvalue weighted by molar-refractivity contribution is -0.689. The van der Waals surface area contributed by atoms with Gasteiger partial charge in [0.25, 0.3) is 5.69 Å². The first kappa shape index (κ1) is 19.7. The van der Waals surface area contributed by atoms with Gasteiger partial charge in [0.15, 0.2) is 12.2 Å². The van der Waals surface area contributed by atoms with E-state index in [4.69, 9.17) is 4.74 Å². The Kier molecular flexibility index (Phi) is 6.16. The molecule has 0 bridgehead atoms. The lowest BCUT2D eigenvalue weighted by Gasteiger charge is -2.04. The Hall–Kier alpha value is -3.06. The summed E-state index contributed by atoms with van der Waals surface area (Å²) in [6, 6.07) is 13.7. The van der Waals surface area contributed by atoms with Gasteiger partial charge in [0, 0.05) is 31.0 Å². The molecule has 0 spiro atoms. The van der Waals surface area contributed by atoms with E-state index in [0.717, 1.165) is 6.54 Å². The Bertz CT molecular complexity index is 996. The molecule has 0 radical (unpaired) electrons. The third-order valence-corrected chi connectivity index (χ3v) is 5.78. The van der Waals surface area contributed by atoms with Crippen LogP contribution in [-0.4, -0.2) is 17.5 Å². The van der Waals surface area contributed by atoms with Gasteiger partial charge in [0.1, 0.15) is 0 Å². The zero-order valence-corrected chi connectivity index (χ0v) is 16.6. The molecule has 0 saturated carbocycles. The Balaban J connectivity index is 1.56. The van der Waals surface area contributed by atoms with Gasteiger partial charge in [0.05, 0.1) is 22.0 Å². The van der Waals surface area contributed by atoms with E-state index in [1.807, 2.05) is 12.1 Å². The smallest absolute Gasteiger partial charge is 0.338 e. The summed E-state index contributed by atoms with van der Waals surface area (Å²) in [6.07, 6.45) is 0.635. The number of carbonyl (C=O) groups excluding carboxylic acids is 1. The summed E-state index contributed by atoms with van der Waals surface area (Å²) < 4.78 is 7.53. The highest BCUT2D eigenvalue weighted by Crippen LogP contribution is 2.15. The van der Waals surface area contributed by atoms with E-state index < -0.39 is 10.9 Å². The number of rotatable bonds is 7. The van der Waals surface area contributed by atoms with Gasteiger partial charge in [-0.2, -0.15) is 4.57 Å². The van der Waals surface area contributed by atoms with Crippen LogP contribution in [-0.2, 0) is 17.7 Å². The summed E-state index contributed by atoms with van der Waals surface area (Å²) in [5, 5.41) is 10.7. The van der Waals surface area contributed by atoms with Gasteiger partial charge in [-0.1, -0.05) is 35.6 Å². The maximum Gasteiger partial charge on any atom is 0.338 e. The van der Waals surface area contributed by atoms with E-state index in [1.54, 1.807) is 11.3 Å². The number of nitro groups is 1. The minimum atomic E-state index is -0.499. The summed E-state index contributed by atoms with van der Waals surface area (Å²) in [5.74, 6) is -0.475. The van der Waals surface area contributed by atoms with Gasteiger partial charge in [-0.3, -0.25) is 10.1 Å². The molecule has 0 aliphatic heterocycles. The SMILES string of the molecule is Cc1ccccc1C[n+]1csc(CCOC(=O)c2ccc([N+](=O)[O-])cc2)c1C. The van der Waals surface area contributed by atoms with Gasteiger partial charge in [0.2, 0.25) is 5.51 Å². The Morgan fingerprint density at radius 1 is 1.14 bits per heavy atom. The van der Waals surface area contributed by atoms with Crippen LogP contribution in [0.1, 0.15) is 32.1 Å². The molecule has 0 aliphatic rings. The maximum absolute atomic E-state index is 12.1. The monoisotopic (exact) mass is 397 g/mol. The third-order valence-electron chi connectivity index (χ3n) is 4.63. The minimum absolute atomic E-state index is 0.0519. The van der Waals surface area contributed by atoms with E-state index >= 15 is 0 Å². The zero-order chi connectivity index (χ0) is 20.1. The number of thiazole rings is 1. The van der Waals surface area contributed by atoms with Crippen molar-refractivity contribution in [1.82, 2.24) is 0 Å². The van der Waals surface area contributed by atoms with E-state index in [1.165, 1.54) is 46.0 Å². The van der Waals surface area contributed by atoms with Crippen LogP contribution in [0, 0.1) is 24.0 Å². The number of non-ortho nitro benzene ring substituents is 1. The molecule has 0 N–H and O–H groups in total. The fourth-order valence-electron chi connectivity index (χ4n) is 2.86. The lowest BCUT2D eigenvalue weighted by atomic mass is 10.1. The summed E-state index contributed by atoms with van der Waals surface area (Å²) in [5.41, 5.74) is 6.06. The minimum Gasteiger partial charge on any atom is -0.462 e. The highest BCUT2D eigenvalue weighted by molar-refractivity contribution is 7.09. The highest BCUT2D eigenvalue weighted by atomic mass is 32.1. The van der Waals surface area contributed by atoms with Gasteiger partial charge in [-0.25, -0.2) is 4.79 Å². The second-order valence-corrected chi connectivity index (χ2v) is 7.42. The molecule has 3 aromatic rings. The number of aryl methyl sites for hydroxylation is 1. The van der Waals surface area contributed by atoms with Crippen molar-refractivity contribution in [2.45, 2.75) is 26.8 Å². The summed E-state index contributed by atoms with van der Waals surface area (Å²) in [7, 11) is 0. The molecule has 2 aromatic carbocycles. The second kappa shape index (κ2) is 8.75. The van der Waals surface area contributed by atoms with E-state index in [9.17, 15) is 14.9 Å². The molecule has 144 valence electrons. The van der Waals surface area contributed by atoms with Crippen molar-refractivity contribution >= 4 is 23.0 Å². The number of benzene rings is 2. The van der Waals surface area contributed by atoms with E-state index in [-0.39, 0.29) is 12.3 Å². The molecule has 0 unspecified atom stereocenters. The molecular weight excluding hydrogens is 376 g/mol. The van der Waals surface area contributed by atoms with Crippen LogP contribution in [0.4, 0.5) is 5.69 Å². The molecule has 1 heterocycles. The van der Waals surface area contributed by atoms with Crippen molar-refractivity contribution in [2.24, 2.45) is 0 Å². The first-order valence-corrected chi connectivity index (χ1v) is 9.76. The molecular formula is C21H21N2O4S+. The third kappa shape index (κ3) is 4.61. The average Bonchev–Trinajstić information content (AvgIpc) is 3.03. The molecule has 3 rings (SSSR count). The van der Waals surface area contributed by atoms with Crippen LogP contribution >= 0.6 is 11.3 Å². The number of ether oxygens (including phenoxy) is 1. The summed E-state index contributed by atoms with van der Waals surface area (Å²) in [6.45, 7) is 5.26. The highest BCUT2D eigenvalue weighted by Gasteiger charge is 2.17. The normalized spacial score (nSPS) is 10.6. The average molecular weight is 397 g/mol. The number of nitrogens with zero attached hydrogens (tertiary/aromatic N) is 2. The summed E-state index contributed by atoms with van der Waals surface area (Å²) in [4.78, 5) is 23.4. The first-order chi connectivity index (χ1) is 13.5. The Morgan fingerprint density at radius 2 is 1.86 bits per heavy atom. The molecule has 0 fully saturated rings. The number of hydrogen-bond donors (Lipinski definition) is 0. The molecule has 28 heavy (non-hydrogen) atoms. The van der Waals surface area contributed by atoms with Crippen LogP contribution in [0.2, 0.25) is 0 Å².